The van der Waals surface area contributed by atoms with Crippen molar-refractivity contribution < 1.29 is 9.18 Å². The number of nitrogens with one attached hydrogen (secondary N) is 1. The van der Waals surface area contributed by atoms with E-state index in [9.17, 15) is 9.18 Å². The van der Waals surface area contributed by atoms with Crippen LogP contribution < -0.4 is 0 Å². The van der Waals surface area contributed by atoms with Gasteiger partial charge in [0.25, 0.3) is 0 Å². The number of carbonyl (C=O) groups is 1. The van der Waals surface area contributed by atoms with Gasteiger partial charge in [0.05, 0.1) is 11.3 Å². The Morgan fingerprint density at radius 1 is 1.43 bits per heavy atom. The molecule has 0 bridgehead atoms. The van der Waals surface area contributed by atoms with Gasteiger partial charge in [-0.25, -0.2) is 9.37 Å². The highest BCUT2D eigenvalue weighted by Crippen LogP contribution is 2.23. The molecular formula is C16H15FN2OS. The predicted octanol–water partition coefficient (Wildman–Crippen LogP) is 4.34. The normalized spacial score (nSPS) is 11.1. The van der Waals surface area contributed by atoms with Gasteiger partial charge in [0, 0.05) is 22.5 Å². The molecule has 0 saturated heterocycles. The number of aromatic nitrogens is 2. The highest BCUT2D eigenvalue weighted by atomic mass is 32.1. The Bertz CT molecular complexity index is 791. The maximum atomic E-state index is 13.2. The summed E-state index contributed by atoms with van der Waals surface area (Å²) in [5.41, 5.74) is 2.14. The second-order valence-electron chi connectivity index (χ2n) is 4.97. The first-order chi connectivity index (χ1) is 10.2. The first kappa shape index (κ1) is 13.9. The number of thiazole rings is 1. The standard InChI is InChI=1S/C16H15FN2OS/c1-2-3-4-11-9-21-16(19-11)15(20)13-8-18-14-7-10(17)5-6-12(13)14/h5-9,18H,2-4H2,1H3. The lowest BCUT2D eigenvalue weighted by molar-refractivity contribution is 0.104. The number of rotatable bonds is 5. The molecule has 0 spiro atoms. The summed E-state index contributed by atoms with van der Waals surface area (Å²) in [5.74, 6) is -0.431. The molecule has 21 heavy (non-hydrogen) atoms. The van der Waals surface area contributed by atoms with E-state index in [0.717, 1.165) is 30.3 Å². The van der Waals surface area contributed by atoms with Gasteiger partial charge in [0.15, 0.2) is 5.01 Å². The minimum absolute atomic E-state index is 0.111. The lowest BCUT2D eigenvalue weighted by Gasteiger charge is -1.96. The van der Waals surface area contributed by atoms with E-state index in [1.165, 1.54) is 23.5 Å². The minimum atomic E-state index is -0.320. The largest absolute Gasteiger partial charge is 0.360 e. The monoisotopic (exact) mass is 302 g/mol. The van der Waals surface area contributed by atoms with Gasteiger partial charge in [-0.3, -0.25) is 4.79 Å². The highest BCUT2D eigenvalue weighted by molar-refractivity contribution is 7.12. The number of aryl methyl sites for hydroxylation is 1. The predicted molar refractivity (Wildman–Crippen MR) is 82.4 cm³/mol. The first-order valence-electron chi connectivity index (χ1n) is 6.94. The number of nitrogens with zero attached hydrogens (tertiary/aromatic N) is 1. The molecule has 0 fully saturated rings. The van der Waals surface area contributed by atoms with E-state index in [2.05, 4.69) is 16.9 Å². The zero-order chi connectivity index (χ0) is 14.8. The maximum absolute atomic E-state index is 13.2. The fourth-order valence-corrected chi connectivity index (χ4v) is 3.09. The highest BCUT2D eigenvalue weighted by Gasteiger charge is 2.17. The van der Waals surface area contributed by atoms with Crippen molar-refractivity contribution in [2.45, 2.75) is 26.2 Å². The summed E-state index contributed by atoms with van der Waals surface area (Å²) in [6.45, 7) is 2.13. The second kappa shape index (κ2) is 5.77. The molecule has 2 aromatic heterocycles. The van der Waals surface area contributed by atoms with Crippen molar-refractivity contribution in [3.05, 3.63) is 51.9 Å². The molecule has 2 heterocycles. The van der Waals surface area contributed by atoms with Crippen LogP contribution in [0.1, 0.15) is 40.8 Å². The number of ketones is 1. The van der Waals surface area contributed by atoms with Crippen LogP contribution in [0.4, 0.5) is 4.39 Å². The zero-order valence-electron chi connectivity index (χ0n) is 11.6. The van der Waals surface area contributed by atoms with E-state index in [1.807, 2.05) is 5.38 Å². The molecule has 5 heteroatoms. The van der Waals surface area contributed by atoms with Crippen molar-refractivity contribution >= 4 is 28.0 Å². The molecule has 0 aliphatic rings. The average molecular weight is 302 g/mol. The van der Waals surface area contributed by atoms with Gasteiger partial charge in [-0.05, 0) is 31.0 Å². The van der Waals surface area contributed by atoms with E-state index in [0.29, 0.717) is 16.1 Å². The number of aromatic amines is 1. The number of fused-ring (bicyclic) bond motifs is 1. The molecule has 3 rings (SSSR count). The van der Waals surface area contributed by atoms with E-state index in [-0.39, 0.29) is 11.6 Å². The van der Waals surface area contributed by atoms with Crippen LogP contribution in [0.5, 0.6) is 0 Å². The fraction of sp³-hybridized carbons (Fsp3) is 0.250. The molecule has 1 N–H and O–H groups in total. The molecule has 0 saturated carbocycles. The summed E-state index contributed by atoms with van der Waals surface area (Å²) in [6.07, 6.45) is 4.71. The quantitative estimate of drug-likeness (QED) is 0.713. The van der Waals surface area contributed by atoms with Gasteiger partial charge in [-0.1, -0.05) is 13.3 Å². The van der Waals surface area contributed by atoms with Crippen LogP contribution in [0.3, 0.4) is 0 Å². The Hall–Kier alpha value is -2.01. The second-order valence-corrected chi connectivity index (χ2v) is 5.83. The van der Waals surface area contributed by atoms with Crippen molar-refractivity contribution in [3.8, 4) is 0 Å². The molecule has 0 radical (unpaired) electrons. The molecule has 0 aliphatic carbocycles. The Kier molecular flexibility index (Phi) is 3.84. The van der Waals surface area contributed by atoms with Gasteiger partial charge in [0.1, 0.15) is 5.82 Å². The molecule has 0 aliphatic heterocycles. The van der Waals surface area contributed by atoms with Gasteiger partial charge in [-0.2, -0.15) is 0 Å². The average Bonchev–Trinajstić information content (AvgIpc) is 3.10. The Balaban J connectivity index is 1.91. The van der Waals surface area contributed by atoms with Crippen LogP contribution in [-0.2, 0) is 6.42 Å². The molecular weight excluding hydrogens is 287 g/mol. The van der Waals surface area contributed by atoms with Crippen LogP contribution in [0, 0.1) is 5.82 Å². The zero-order valence-corrected chi connectivity index (χ0v) is 12.5. The lowest BCUT2D eigenvalue weighted by atomic mass is 10.1. The Morgan fingerprint density at radius 2 is 2.29 bits per heavy atom. The van der Waals surface area contributed by atoms with Gasteiger partial charge < -0.3 is 4.98 Å². The third-order valence-corrected chi connectivity index (χ3v) is 4.31. The number of H-pyrrole nitrogens is 1. The Labute approximate surface area is 125 Å². The van der Waals surface area contributed by atoms with Crippen LogP contribution >= 0.6 is 11.3 Å². The lowest BCUT2D eigenvalue weighted by Crippen LogP contribution is -2.00. The van der Waals surface area contributed by atoms with Crippen molar-refractivity contribution in [2.75, 3.05) is 0 Å². The maximum Gasteiger partial charge on any atom is 0.223 e. The molecule has 3 aromatic rings. The minimum Gasteiger partial charge on any atom is -0.360 e. The third kappa shape index (κ3) is 2.74. The number of hydrogen-bond acceptors (Lipinski definition) is 3. The van der Waals surface area contributed by atoms with Gasteiger partial charge >= 0.3 is 0 Å². The van der Waals surface area contributed by atoms with Crippen molar-refractivity contribution in [3.63, 3.8) is 0 Å². The summed E-state index contributed by atoms with van der Waals surface area (Å²) in [5, 5.41) is 3.16. The number of carbonyl (C=O) groups excluding carboxylic acids is 1. The number of unbranched alkanes of at least 4 members (excludes halogenated alkanes) is 1. The topological polar surface area (TPSA) is 45.8 Å². The SMILES string of the molecule is CCCCc1csc(C(=O)c2c[nH]c3cc(F)ccc23)n1. The molecule has 3 nitrogen and oxygen atoms in total. The summed E-state index contributed by atoms with van der Waals surface area (Å²) in [4.78, 5) is 19.9. The van der Waals surface area contributed by atoms with Crippen molar-refractivity contribution in [1.29, 1.82) is 0 Å². The van der Waals surface area contributed by atoms with Crippen molar-refractivity contribution in [1.82, 2.24) is 9.97 Å². The molecule has 0 amide bonds. The summed E-state index contributed by atoms with van der Waals surface area (Å²) >= 11 is 1.37. The fourth-order valence-electron chi connectivity index (χ4n) is 2.29. The van der Waals surface area contributed by atoms with Crippen molar-refractivity contribution in [2.24, 2.45) is 0 Å². The molecule has 0 atom stereocenters. The van der Waals surface area contributed by atoms with Crippen LogP contribution in [0.2, 0.25) is 0 Å². The number of hydrogen-bond donors (Lipinski definition) is 1. The third-order valence-electron chi connectivity index (χ3n) is 3.42. The van der Waals surface area contributed by atoms with E-state index >= 15 is 0 Å². The summed E-state index contributed by atoms with van der Waals surface area (Å²) < 4.78 is 13.2. The van der Waals surface area contributed by atoms with Crippen LogP contribution in [0.15, 0.2) is 29.8 Å². The van der Waals surface area contributed by atoms with Gasteiger partial charge in [0.2, 0.25) is 5.78 Å². The molecule has 0 unspecified atom stereocenters. The molecule has 1 aromatic carbocycles. The Morgan fingerprint density at radius 3 is 3.10 bits per heavy atom. The summed E-state index contributed by atoms with van der Waals surface area (Å²) in [6, 6.07) is 4.38. The first-order valence-corrected chi connectivity index (χ1v) is 7.82. The smallest absolute Gasteiger partial charge is 0.223 e. The van der Waals surface area contributed by atoms with E-state index in [1.54, 1.807) is 12.3 Å². The van der Waals surface area contributed by atoms with E-state index in [4.69, 9.17) is 0 Å². The number of halogens is 1. The van der Waals surface area contributed by atoms with Crippen LogP contribution in [-0.4, -0.2) is 15.8 Å². The van der Waals surface area contributed by atoms with E-state index < -0.39 is 0 Å². The summed E-state index contributed by atoms with van der Waals surface area (Å²) in [7, 11) is 0. The van der Waals surface area contributed by atoms with Gasteiger partial charge in [-0.15, -0.1) is 11.3 Å². The molecule has 108 valence electrons. The number of benzene rings is 1. The van der Waals surface area contributed by atoms with Crippen LogP contribution in [0.25, 0.3) is 10.9 Å².